The van der Waals surface area contributed by atoms with Crippen LogP contribution in [0.25, 0.3) is 0 Å². The molecule has 4 heteroatoms. The third-order valence-electron chi connectivity index (χ3n) is 4.58. The smallest absolute Gasteiger partial charge is 0.0685 e. The number of ether oxygens (including phenoxy) is 1. The zero-order valence-corrected chi connectivity index (χ0v) is 12.1. The van der Waals surface area contributed by atoms with E-state index in [1.165, 1.54) is 6.42 Å². The number of fused-ring (bicyclic) bond motifs is 1. The molecule has 0 radical (unpaired) electrons. The van der Waals surface area contributed by atoms with Crippen molar-refractivity contribution in [2.75, 3.05) is 19.5 Å². The fraction of sp³-hybridized carbons (Fsp3) is 1.00. The highest BCUT2D eigenvalue weighted by atomic mass is 32.2. The number of hydrogen-bond acceptors (Lipinski definition) is 4. The Morgan fingerprint density at radius 3 is 2.82 bits per heavy atom. The first-order valence-electron chi connectivity index (χ1n) is 6.53. The fourth-order valence-corrected chi connectivity index (χ4v) is 4.13. The molecule has 100 valence electrons. The third kappa shape index (κ3) is 2.25. The summed E-state index contributed by atoms with van der Waals surface area (Å²) in [5.74, 6) is 0.675. The monoisotopic (exact) mass is 259 g/mol. The first-order chi connectivity index (χ1) is 8.02. The van der Waals surface area contributed by atoms with Crippen LogP contribution in [-0.4, -0.2) is 48.0 Å². The number of hydrogen-bond donors (Lipinski definition) is 2. The summed E-state index contributed by atoms with van der Waals surface area (Å²) < 4.78 is 5.80. The van der Waals surface area contributed by atoms with Crippen LogP contribution in [0.2, 0.25) is 0 Å². The van der Waals surface area contributed by atoms with E-state index in [0.29, 0.717) is 24.1 Å². The minimum atomic E-state index is 0.230. The van der Waals surface area contributed by atoms with Gasteiger partial charge in [-0.05, 0) is 19.6 Å². The van der Waals surface area contributed by atoms with Gasteiger partial charge < -0.3 is 15.2 Å². The Morgan fingerprint density at radius 1 is 1.53 bits per heavy atom. The lowest BCUT2D eigenvalue weighted by Gasteiger charge is -2.56. The van der Waals surface area contributed by atoms with Gasteiger partial charge in [0.15, 0.2) is 0 Å². The van der Waals surface area contributed by atoms with Gasteiger partial charge in [0.2, 0.25) is 0 Å². The predicted octanol–water partition coefficient (Wildman–Crippen LogP) is 1.50. The average Bonchev–Trinajstić information content (AvgIpc) is 2.74. The largest absolute Gasteiger partial charge is 0.395 e. The van der Waals surface area contributed by atoms with Crippen LogP contribution in [0, 0.1) is 11.3 Å². The summed E-state index contributed by atoms with van der Waals surface area (Å²) in [5.41, 5.74) is 0.230. The first-order valence-corrected chi connectivity index (χ1v) is 7.82. The fourth-order valence-electron chi connectivity index (χ4n) is 3.49. The molecule has 1 heterocycles. The minimum Gasteiger partial charge on any atom is -0.395 e. The molecule has 0 aromatic rings. The van der Waals surface area contributed by atoms with Gasteiger partial charge in [-0.25, -0.2) is 0 Å². The van der Waals surface area contributed by atoms with E-state index >= 15 is 0 Å². The second kappa shape index (κ2) is 5.08. The van der Waals surface area contributed by atoms with Crippen molar-refractivity contribution in [1.82, 2.24) is 5.32 Å². The first kappa shape index (κ1) is 13.7. The summed E-state index contributed by atoms with van der Waals surface area (Å²) in [4.78, 5) is 0. The van der Waals surface area contributed by atoms with Crippen molar-refractivity contribution in [2.24, 2.45) is 11.3 Å². The maximum atomic E-state index is 9.33. The normalized spacial score (nSPS) is 38.3. The molecule has 2 N–H and O–H groups in total. The highest BCUT2D eigenvalue weighted by Crippen LogP contribution is 2.52. The van der Waals surface area contributed by atoms with Crippen molar-refractivity contribution >= 4 is 11.8 Å². The van der Waals surface area contributed by atoms with E-state index in [2.05, 4.69) is 32.3 Å². The molecule has 0 aromatic heterocycles. The average molecular weight is 259 g/mol. The molecule has 2 fully saturated rings. The Hall–Kier alpha value is 0.230. The molecule has 3 nitrogen and oxygen atoms in total. The van der Waals surface area contributed by atoms with Crippen LogP contribution in [0.1, 0.15) is 27.2 Å². The van der Waals surface area contributed by atoms with Gasteiger partial charge in [-0.3, -0.25) is 0 Å². The Kier molecular flexibility index (Phi) is 4.08. The number of rotatable bonds is 5. The molecule has 5 unspecified atom stereocenters. The van der Waals surface area contributed by atoms with E-state index in [9.17, 15) is 5.11 Å². The molecule has 1 aliphatic heterocycles. The van der Waals surface area contributed by atoms with Crippen LogP contribution >= 0.6 is 11.8 Å². The maximum absolute atomic E-state index is 9.33. The van der Waals surface area contributed by atoms with Crippen LogP contribution in [-0.2, 0) is 4.74 Å². The summed E-state index contributed by atoms with van der Waals surface area (Å²) in [7, 11) is 0. The van der Waals surface area contributed by atoms with Crippen molar-refractivity contribution in [3.63, 3.8) is 0 Å². The highest BCUT2D eigenvalue weighted by molar-refractivity contribution is 7.99. The Balaban J connectivity index is 1.95. The van der Waals surface area contributed by atoms with Gasteiger partial charge in [-0.15, -0.1) is 0 Å². The molecule has 0 amide bonds. The molecule has 5 atom stereocenters. The molecule has 2 rings (SSSR count). The molecule has 1 aliphatic carbocycles. The summed E-state index contributed by atoms with van der Waals surface area (Å²) >= 11 is 1.74. The summed E-state index contributed by atoms with van der Waals surface area (Å²) in [6.45, 7) is 7.91. The predicted molar refractivity (Wildman–Crippen MR) is 72.4 cm³/mol. The number of thioether (sulfide) groups is 1. The van der Waals surface area contributed by atoms with Crippen LogP contribution < -0.4 is 5.32 Å². The second-order valence-corrected chi connectivity index (χ2v) is 7.03. The second-order valence-electron chi connectivity index (χ2n) is 5.96. The van der Waals surface area contributed by atoms with Crippen molar-refractivity contribution in [3.8, 4) is 0 Å². The van der Waals surface area contributed by atoms with Crippen LogP contribution in [0.3, 0.4) is 0 Å². The van der Waals surface area contributed by atoms with Gasteiger partial charge in [0, 0.05) is 35.3 Å². The molecule has 2 aliphatic rings. The third-order valence-corrected chi connectivity index (χ3v) is 5.75. The molecule has 1 saturated carbocycles. The van der Waals surface area contributed by atoms with Gasteiger partial charge in [0.05, 0.1) is 12.7 Å². The topological polar surface area (TPSA) is 41.5 Å². The summed E-state index contributed by atoms with van der Waals surface area (Å²) in [6, 6.07) is 0.882. The zero-order chi connectivity index (χ0) is 12.6. The SMILES string of the molecule is CSC(CO)C(C)NC1C2CCOC2C1(C)C. The molecule has 0 aromatic carbocycles. The van der Waals surface area contributed by atoms with Gasteiger partial charge >= 0.3 is 0 Å². The van der Waals surface area contributed by atoms with Crippen LogP contribution in [0.5, 0.6) is 0 Å². The lowest BCUT2D eigenvalue weighted by atomic mass is 9.57. The van der Waals surface area contributed by atoms with E-state index in [1.54, 1.807) is 11.8 Å². The van der Waals surface area contributed by atoms with Crippen molar-refractivity contribution < 1.29 is 9.84 Å². The van der Waals surface area contributed by atoms with Crippen LogP contribution in [0.15, 0.2) is 0 Å². The van der Waals surface area contributed by atoms with E-state index < -0.39 is 0 Å². The molecule has 0 bridgehead atoms. The highest BCUT2D eigenvalue weighted by Gasteiger charge is 2.59. The van der Waals surface area contributed by atoms with Gasteiger partial charge in [-0.1, -0.05) is 13.8 Å². The van der Waals surface area contributed by atoms with Gasteiger partial charge in [-0.2, -0.15) is 11.8 Å². The van der Waals surface area contributed by atoms with E-state index in [0.717, 1.165) is 6.61 Å². The molecular formula is C13H25NO2S. The van der Waals surface area contributed by atoms with Crippen molar-refractivity contribution in [2.45, 2.75) is 50.6 Å². The Labute approximate surface area is 109 Å². The van der Waals surface area contributed by atoms with E-state index in [4.69, 9.17) is 4.74 Å². The Bertz CT molecular complexity index is 268. The number of aliphatic hydroxyl groups excluding tert-OH is 1. The molecular weight excluding hydrogens is 234 g/mol. The van der Waals surface area contributed by atoms with Gasteiger partial charge in [0.25, 0.3) is 0 Å². The van der Waals surface area contributed by atoms with Crippen LogP contribution in [0.4, 0.5) is 0 Å². The molecule has 1 saturated heterocycles. The lowest BCUT2D eigenvalue weighted by Crippen LogP contribution is -2.68. The zero-order valence-electron chi connectivity index (χ0n) is 11.3. The minimum absolute atomic E-state index is 0.230. The Morgan fingerprint density at radius 2 is 2.24 bits per heavy atom. The van der Waals surface area contributed by atoms with Crippen molar-refractivity contribution in [1.29, 1.82) is 0 Å². The van der Waals surface area contributed by atoms with E-state index in [1.807, 2.05) is 0 Å². The summed E-state index contributed by atoms with van der Waals surface area (Å²) in [5, 5.41) is 13.3. The van der Waals surface area contributed by atoms with Crippen molar-refractivity contribution in [3.05, 3.63) is 0 Å². The number of aliphatic hydroxyl groups is 1. The quantitative estimate of drug-likeness (QED) is 0.785. The molecule has 0 spiro atoms. The van der Waals surface area contributed by atoms with Gasteiger partial charge in [0.1, 0.15) is 0 Å². The number of nitrogens with one attached hydrogen (secondary N) is 1. The summed E-state index contributed by atoms with van der Waals surface area (Å²) in [6.07, 6.45) is 3.68. The standard InChI is InChI=1S/C13H25NO2S/c1-8(10(7-15)17-4)14-11-9-5-6-16-12(9)13(11,2)3/h8-12,14-15H,5-7H2,1-4H3. The van der Waals surface area contributed by atoms with E-state index in [-0.39, 0.29) is 17.3 Å². The molecule has 17 heavy (non-hydrogen) atoms. The lowest BCUT2D eigenvalue weighted by molar-refractivity contribution is -0.115. The maximum Gasteiger partial charge on any atom is 0.0685 e.